The Bertz CT molecular complexity index is 572. The van der Waals surface area contributed by atoms with Crippen LogP contribution in [-0.2, 0) is 12.8 Å². The van der Waals surface area contributed by atoms with Crippen molar-refractivity contribution in [3.05, 3.63) is 45.4 Å². The van der Waals surface area contributed by atoms with Crippen molar-refractivity contribution in [1.29, 1.82) is 0 Å². The highest BCUT2D eigenvalue weighted by atomic mass is 32.1. The molecule has 0 saturated carbocycles. The second kappa shape index (κ2) is 5.94. The Hall–Kier alpha value is -1.39. The van der Waals surface area contributed by atoms with Crippen LogP contribution in [-0.4, -0.2) is 18.6 Å². The molecule has 1 unspecified atom stereocenters. The highest BCUT2D eigenvalue weighted by Crippen LogP contribution is 2.36. The van der Waals surface area contributed by atoms with Crippen molar-refractivity contribution in [2.75, 3.05) is 13.7 Å². The number of aromatic nitrogens is 1. The predicted octanol–water partition coefficient (Wildman–Crippen LogP) is 3.34. The number of benzene rings is 1. The summed E-state index contributed by atoms with van der Waals surface area (Å²) in [5.74, 6) is 0.925. The summed E-state index contributed by atoms with van der Waals surface area (Å²) in [4.78, 5) is 6.33. The van der Waals surface area contributed by atoms with E-state index in [0.29, 0.717) is 0 Å². The Morgan fingerprint density at radius 3 is 2.95 bits per heavy atom. The fourth-order valence-corrected chi connectivity index (χ4v) is 4.02. The summed E-state index contributed by atoms with van der Waals surface area (Å²) in [6, 6.07) is 8.34. The first-order chi connectivity index (χ1) is 9.83. The van der Waals surface area contributed by atoms with Gasteiger partial charge in [-0.25, -0.2) is 4.98 Å². The molecule has 1 heterocycles. The molecule has 4 heteroatoms. The molecule has 3 rings (SSSR count). The molecule has 1 N–H and O–H groups in total. The molecular weight excluding hydrogens is 268 g/mol. The van der Waals surface area contributed by atoms with Gasteiger partial charge in [0.05, 0.1) is 18.8 Å². The molecule has 106 valence electrons. The number of aryl methyl sites for hydroxylation is 2. The third kappa shape index (κ3) is 2.45. The van der Waals surface area contributed by atoms with Gasteiger partial charge in [0, 0.05) is 10.4 Å². The van der Waals surface area contributed by atoms with Crippen LogP contribution in [0, 0.1) is 0 Å². The van der Waals surface area contributed by atoms with Gasteiger partial charge in [-0.2, -0.15) is 0 Å². The second-order valence-corrected chi connectivity index (χ2v) is 6.12. The standard InChI is InChI=1S/C16H20N2OS/c1-3-17-15(11-7-4-5-9-13(11)19-2)16-18-12-8-6-10-14(12)20-16/h4-5,7,9,15,17H,3,6,8,10H2,1-2H3. The molecule has 2 aromatic rings. The highest BCUT2D eigenvalue weighted by Gasteiger charge is 2.24. The Morgan fingerprint density at radius 2 is 2.20 bits per heavy atom. The zero-order valence-corrected chi connectivity index (χ0v) is 12.8. The van der Waals surface area contributed by atoms with E-state index in [1.54, 1.807) is 7.11 Å². The lowest BCUT2D eigenvalue weighted by Gasteiger charge is -2.18. The van der Waals surface area contributed by atoms with Crippen LogP contribution in [0.1, 0.15) is 40.5 Å². The predicted molar refractivity (Wildman–Crippen MR) is 82.7 cm³/mol. The number of fused-ring (bicyclic) bond motifs is 1. The number of hydrogen-bond donors (Lipinski definition) is 1. The van der Waals surface area contributed by atoms with Crippen molar-refractivity contribution in [3.63, 3.8) is 0 Å². The van der Waals surface area contributed by atoms with Gasteiger partial charge in [-0.15, -0.1) is 11.3 Å². The molecule has 0 bridgehead atoms. The summed E-state index contributed by atoms with van der Waals surface area (Å²) in [5.41, 5.74) is 2.48. The molecule has 0 amide bonds. The van der Waals surface area contributed by atoms with Gasteiger partial charge in [-0.3, -0.25) is 0 Å². The zero-order valence-electron chi connectivity index (χ0n) is 12.0. The number of nitrogens with one attached hydrogen (secondary N) is 1. The van der Waals surface area contributed by atoms with Gasteiger partial charge in [0.1, 0.15) is 10.8 Å². The minimum absolute atomic E-state index is 0.131. The first-order valence-corrected chi connectivity index (χ1v) is 8.00. The van der Waals surface area contributed by atoms with E-state index in [4.69, 9.17) is 9.72 Å². The number of rotatable bonds is 5. The Labute approximate surface area is 124 Å². The normalized spacial score (nSPS) is 15.1. The smallest absolute Gasteiger partial charge is 0.124 e. The van der Waals surface area contributed by atoms with Crippen molar-refractivity contribution in [3.8, 4) is 5.75 Å². The lowest BCUT2D eigenvalue weighted by Crippen LogP contribution is -2.22. The lowest BCUT2D eigenvalue weighted by molar-refractivity contribution is 0.404. The first-order valence-electron chi connectivity index (χ1n) is 7.18. The first kappa shape index (κ1) is 13.6. The van der Waals surface area contributed by atoms with Gasteiger partial charge < -0.3 is 10.1 Å². The van der Waals surface area contributed by atoms with Crippen molar-refractivity contribution >= 4 is 11.3 Å². The van der Waals surface area contributed by atoms with Crippen molar-refractivity contribution in [1.82, 2.24) is 10.3 Å². The molecule has 1 aliphatic rings. The van der Waals surface area contributed by atoms with Crippen LogP contribution < -0.4 is 10.1 Å². The van der Waals surface area contributed by atoms with E-state index in [1.807, 2.05) is 23.5 Å². The number of para-hydroxylation sites is 1. The largest absolute Gasteiger partial charge is 0.496 e. The fourth-order valence-electron chi connectivity index (χ4n) is 2.77. The van der Waals surface area contributed by atoms with E-state index < -0.39 is 0 Å². The Kier molecular flexibility index (Phi) is 4.03. The van der Waals surface area contributed by atoms with Crippen LogP contribution in [0.5, 0.6) is 5.75 Å². The minimum atomic E-state index is 0.131. The molecule has 0 spiro atoms. The third-order valence-electron chi connectivity index (χ3n) is 3.72. The molecule has 20 heavy (non-hydrogen) atoms. The molecule has 0 aliphatic heterocycles. The molecule has 1 aromatic carbocycles. The summed E-state index contributed by atoms with van der Waals surface area (Å²) in [7, 11) is 1.73. The van der Waals surface area contributed by atoms with Gasteiger partial charge in [-0.05, 0) is 31.9 Å². The molecule has 1 aliphatic carbocycles. The topological polar surface area (TPSA) is 34.2 Å². The molecule has 3 nitrogen and oxygen atoms in total. The number of methoxy groups -OCH3 is 1. The van der Waals surface area contributed by atoms with E-state index in [2.05, 4.69) is 24.4 Å². The Morgan fingerprint density at radius 1 is 1.35 bits per heavy atom. The summed E-state index contributed by atoms with van der Waals surface area (Å²) >= 11 is 1.85. The zero-order chi connectivity index (χ0) is 13.9. The van der Waals surface area contributed by atoms with E-state index in [1.165, 1.54) is 34.0 Å². The quantitative estimate of drug-likeness (QED) is 0.916. The van der Waals surface area contributed by atoms with Crippen LogP contribution in [0.15, 0.2) is 24.3 Å². The SMILES string of the molecule is CCNC(c1nc2c(s1)CCC2)c1ccccc1OC. The average molecular weight is 288 g/mol. The number of thiazole rings is 1. The van der Waals surface area contributed by atoms with Gasteiger partial charge in [0.2, 0.25) is 0 Å². The van der Waals surface area contributed by atoms with Crippen LogP contribution in [0.3, 0.4) is 0 Å². The van der Waals surface area contributed by atoms with E-state index in [0.717, 1.165) is 18.7 Å². The molecule has 0 radical (unpaired) electrons. The third-order valence-corrected chi connectivity index (χ3v) is 4.94. The maximum atomic E-state index is 5.51. The van der Waals surface area contributed by atoms with Crippen LogP contribution in [0.4, 0.5) is 0 Å². The molecule has 0 fully saturated rings. The average Bonchev–Trinajstić information content (AvgIpc) is 3.06. The molecule has 1 aromatic heterocycles. The van der Waals surface area contributed by atoms with Gasteiger partial charge in [0.25, 0.3) is 0 Å². The molecular formula is C16H20N2OS. The molecule has 1 atom stereocenters. The summed E-state index contributed by atoms with van der Waals surface area (Å²) in [5, 5.41) is 4.71. The number of nitrogens with zero attached hydrogens (tertiary/aromatic N) is 1. The van der Waals surface area contributed by atoms with E-state index >= 15 is 0 Å². The van der Waals surface area contributed by atoms with E-state index in [9.17, 15) is 0 Å². The monoisotopic (exact) mass is 288 g/mol. The number of hydrogen-bond acceptors (Lipinski definition) is 4. The molecule has 0 saturated heterocycles. The maximum absolute atomic E-state index is 5.51. The van der Waals surface area contributed by atoms with Crippen LogP contribution in [0.25, 0.3) is 0 Å². The van der Waals surface area contributed by atoms with Gasteiger partial charge >= 0.3 is 0 Å². The minimum Gasteiger partial charge on any atom is -0.496 e. The highest BCUT2D eigenvalue weighted by molar-refractivity contribution is 7.11. The van der Waals surface area contributed by atoms with Crippen molar-refractivity contribution in [2.24, 2.45) is 0 Å². The summed E-state index contributed by atoms with van der Waals surface area (Å²) < 4.78 is 5.51. The van der Waals surface area contributed by atoms with Gasteiger partial charge in [0.15, 0.2) is 0 Å². The maximum Gasteiger partial charge on any atom is 0.124 e. The Balaban J connectivity index is 1.99. The number of ether oxygens (including phenoxy) is 1. The summed E-state index contributed by atoms with van der Waals surface area (Å²) in [6.07, 6.45) is 3.59. The van der Waals surface area contributed by atoms with Crippen molar-refractivity contribution in [2.45, 2.75) is 32.2 Å². The second-order valence-electron chi connectivity index (χ2n) is 5.01. The van der Waals surface area contributed by atoms with Crippen molar-refractivity contribution < 1.29 is 4.74 Å². The van der Waals surface area contributed by atoms with E-state index in [-0.39, 0.29) is 6.04 Å². The lowest BCUT2D eigenvalue weighted by atomic mass is 10.1. The fraction of sp³-hybridized carbons (Fsp3) is 0.438. The van der Waals surface area contributed by atoms with Crippen LogP contribution in [0.2, 0.25) is 0 Å². The van der Waals surface area contributed by atoms with Crippen LogP contribution >= 0.6 is 11.3 Å². The summed E-state index contributed by atoms with van der Waals surface area (Å²) in [6.45, 7) is 3.04. The van der Waals surface area contributed by atoms with Gasteiger partial charge in [-0.1, -0.05) is 25.1 Å².